The molecule has 0 saturated carbocycles. The fourth-order valence-electron chi connectivity index (χ4n) is 3.20. The second-order valence-corrected chi connectivity index (χ2v) is 9.12. The molecule has 0 fully saturated rings. The normalized spacial score (nSPS) is 11.7. The van der Waals surface area contributed by atoms with Crippen molar-refractivity contribution in [2.45, 2.75) is 27.7 Å². The number of nitro groups is 2. The third kappa shape index (κ3) is 7.78. The van der Waals surface area contributed by atoms with Crippen LogP contribution in [0.15, 0.2) is 58.5 Å². The number of rotatable bonds is 6. The van der Waals surface area contributed by atoms with Gasteiger partial charge in [-0.25, -0.2) is 0 Å². The predicted molar refractivity (Wildman–Crippen MR) is 132 cm³/mol. The number of nitrogens with zero attached hydrogens (tertiary/aromatic N) is 4. The Morgan fingerprint density at radius 3 is 1.56 bits per heavy atom. The summed E-state index contributed by atoms with van der Waals surface area (Å²) in [5.74, 6) is 0. The van der Waals surface area contributed by atoms with E-state index in [4.69, 9.17) is 20.2 Å². The Balaban J connectivity index is 0.00000129. The van der Waals surface area contributed by atoms with E-state index in [1.807, 2.05) is 45.0 Å². The second-order valence-electron chi connectivity index (χ2n) is 7.30. The van der Waals surface area contributed by atoms with Crippen molar-refractivity contribution in [3.05, 3.63) is 91.3 Å². The first-order chi connectivity index (χ1) is 16.0. The van der Waals surface area contributed by atoms with Gasteiger partial charge in [0.05, 0.1) is 50.1 Å². The number of halogens is 2. The molecule has 3 aromatic rings. The average Bonchev–Trinajstić information content (AvgIpc) is 3.24. The maximum atomic E-state index is 11.1. The summed E-state index contributed by atoms with van der Waals surface area (Å²) >= 11 is 0.194. The molecule has 0 bridgehead atoms. The van der Waals surface area contributed by atoms with Crippen LogP contribution in [0.1, 0.15) is 36.4 Å². The molecule has 1 aromatic heterocycles. The SMILES string of the molecule is CC(=Nc1cc(C)cc(C)c1)c1ccc(C(C)=Nc2cc([N+](=O)[O-])cc([N+](=O)[O-])c2)[nH]1.[Cl][Fe][Cl]. The molecule has 0 amide bonds. The Bertz CT molecular complexity index is 1220. The topological polar surface area (TPSA) is 127 Å². The summed E-state index contributed by atoms with van der Waals surface area (Å²) in [4.78, 5) is 33.0. The Morgan fingerprint density at radius 2 is 1.18 bits per heavy atom. The number of benzene rings is 2. The van der Waals surface area contributed by atoms with E-state index in [2.05, 4.69) is 21.0 Å². The zero-order valence-electron chi connectivity index (χ0n) is 18.7. The summed E-state index contributed by atoms with van der Waals surface area (Å²) in [5, 5.41) is 22.1. The van der Waals surface area contributed by atoms with Gasteiger partial charge in [0.15, 0.2) is 0 Å². The minimum absolute atomic E-state index is 0.134. The molecule has 34 heavy (non-hydrogen) atoms. The van der Waals surface area contributed by atoms with Crippen LogP contribution in [0.2, 0.25) is 0 Å². The van der Waals surface area contributed by atoms with Crippen LogP contribution in [0.4, 0.5) is 22.7 Å². The van der Waals surface area contributed by atoms with Gasteiger partial charge in [-0.2, -0.15) is 0 Å². The molecule has 12 heteroatoms. The number of aromatic nitrogens is 1. The van der Waals surface area contributed by atoms with Crippen molar-refractivity contribution in [1.82, 2.24) is 4.98 Å². The minimum atomic E-state index is -0.680. The molecule has 9 nitrogen and oxygen atoms in total. The predicted octanol–water partition coefficient (Wildman–Crippen LogP) is 7.11. The third-order valence-corrected chi connectivity index (χ3v) is 4.57. The number of aryl methyl sites for hydroxylation is 2. The molecule has 0 atom stereocenters. The van der Waals surface area contributed by atoms with Crippen molar-refractivity contribution in [1.29, 1.82) is 0 Å². The van der Waals surface area contributed by atoms with Crippen molar-refractivity contribution in [3.8, 4) is 0 Å². The molecule has 2 aromatic carbocycles. The van der Waals surface area contributed by atoms with Gasteiger partial charge in [-0.1, -0.05) is 6.07 Å². The van der Waals surface area contributed by atoms with Gasteiger partial charge in [0.1, 0.15) is 0 Å². The summed E-state index contributed by atoms with van der Waals surface area (Å²) in [6, 6.07) is 13.1. The van der Waals surface area contributed by atoms with E-state index in [0.29, 0.717) is 11.4 Å². The first-order valence-electron chi connectivity index (χ1n) is 9.71. The van der Waals surface area contributed by atoms with Crippen molar-refractivity contribution in [3.63, 3.8) is 0 Å². The summed E-state index contributed by atoms with van der Waals surface area (Å²) in [6.07, 6.45) is 0. The van der Waals surface area contributed by atoms with E-state index in [1.165, 1.54) is 12.1 Å². The molecule has 1 heterocycles. The molecule has 0 aliphatic carbocycles. The van der Waals surface area contributed by atoms with Gasteiger partial charge in [-0.15, -0.1) is 0 Å². The molecule has 1 N–H and O–H groups in total. The van der Waals surface area contributed by atoms with E-state index in [-0.39, 0.29) is 30.2 Å². The van der Waals surface area contributed by atoms with Crippen LogP contribution >= 0.6 is 20.2 Å². The molecule has 0 saturated heterocycles. The van der Waals surface area contributed by atoms with Crippen LogP contribution < -0.4 is 0 Å². The van der Waals surface area contributed by atoms with E-state index >= 15 is 0 Å². The number of hydrogen-bond donors (Lipinski definition) is 1. The molecule has 0 unspecified atom stereocenters. The Morgan fingerprint density at radius 1 is 0.794 bits per heavy atom. The number of aromatic amines is 1. The van der Waals surface area contributed by atoms with E-state index in [1.54, 1.807) is 6.92 Å². The van der Waals surface area contributed by atoms with Crippen molar-refractivity contribution < 1.29 is 23.0 Å². The molecule has 0 radical (unpaired) electrons. The number of aliphatic imine (C=N–C) groups is 2. The average molecular weight is 546 g/mol. The van der Waals surface area contributed by atoms with Crippen LogP contribution in [-0.2, 0) is 13.1 Å². The fraction of sp³-hybridized carbons (Fsp3) is 0.182. The van der Waals surface area contributed by atoms with Crippen LogP contribution in [0, 0.1) is 34.1 Å². The zero-order valence-corrected chi connectivity index (χ0v) is 21.3. The molecule has 0 aliphatic rings. The van der Waals surface area contributed by atoms with Gasteiger partial charge in [-0.3, -0.25) is 30.2 Å². The summed E-state index contributed by atoms with van der Waals surface area (Å²) < 4.78 is 0. The fourth-order valence-corrected chi connectivity index (χ4v) is 3.20. The number of nitro benzene ring substituents is 2. The van der Waals surface area contributed by atoms with Crippen molar-refractivity contribution in [2.24, 2.45) is 9.98 Å². The zero-order chi connectivity index (χ0) is 25.4. The Kier molecular flexibility index (Phi) is 9.95. The van der Waals surface area contributed by atoms with Crippen molar-refractivity contribution in [2.75, 3.05) is 0 Å². The number of non-ortho nitro benzene ring substituents is 2. The maximum absolute atomic E-state index is 11.1. The number of nitrogens with one attached hydrogen (secondary N) is 1. The Hall–Kier alpha value is -3.04. The molecule has 0 aliphatic heterocycles. The molecule has 0 spiro atoms. The van der Waals surface area contributed by atoms with E-state index in [0.717, 1.165) is 34.3 Å². The standard InChI is InChI=1S/C22H21N5O4.2ClH.Fe/c1-13-7-14(2)9-17(8-13)23-15(3)21-5-6-22(25-21)16(4)24-18-10-19(26(28)29)12-20(11-18)27(30)31;;;/h5-12,25H,1-4H3;2*1H;/q;;;+2/p-2. The van der Waals surface area contributed by atoms with Crippen LogP contribution in [0.25, 0.3) is 0 Å². The molecular formula is C22H21Cl2FeN5O4. The monoisotopic (exact) mass is 545 g/mol. The number of H-pyrrole nitrogens is 1. The quantitative estimate of drug-likeness (QED) is 0.153. The van der Waals surface area contributed by atoms with E-state index in [9.17, 15) is 20.2 Å². The summed E-state index contributed by atoms with van der Waals surface area (Å²) in [5.41, 5.74) is 5.29. The third-order valence-electron chi connectivity index (χ3n) is 4.57. The molecular weight excluding hydrogens is 525 g/mol. The summed E-state index contributed by atoms with van der Waals surface area (Å²) in [6.45, 7) is 7.65. The van der Waals surface area contributed by atoms with Crippen LogP contribution in [0.3, 0.4) is 0 Å². The van der Waals surface area contributed by atoms with Gasteiger partial charge in [0, 0.05) is 12.1 Å². The van der Waals surface area contributed by atoms with Crippen molar-refractivity contribution >= 4 is 54.4 Å². The van der Waals surface area contributed by atoms with Gasteiger partial charge in [0.25, 0.3) is 11.4 Å². The van der Waals surface area contributed by atoms with Gasteiger partial charge >= 0.3 is 33.3 Å². The molecule has 180 valence electrons. The van der Waals surface area contributed by atoms with E-state index < -0.39 is 9.85 Å². The van der Waals surface area contributed by atoms with Crippen LogP contribution in [0.5, 0.6) is 0 Å². The number of hydrogen-bond acceptors (Lipinski definition) is 6. The molecule has 3 rings (SSSR count). The second kappa shape index (κ2) is 12.4. The van der Waals surface area contributed by atoms with Gasteiger partial charge in [0.2, 0.25) is 0 Å². The Labute approximate surface area is 210 Å². The van der Waals surface area contributed by atoms with Crippen LogP contribution in [-0.4, -0.2) is 26.3 Å². The summed E-state index contributed by atoms with van der Waals surface area (Å²) in [7, 11) is 9.53. The van der Waals surface area contributed by atoms with Gasteiger partial charge < -0.3 is 4.98 Å². The first kappa shape index (κ1) is 27.2. The first-order valence-corrected chi connectivity index (χ1v) is 12.8. The van der Waals surface area contributed by atoms with Gasteiger partial charge in [-0.05, 0) is 63.1 Å².